The molecule has 0 aromatic heterocycles. The molecule has 0 radical (unpaired) electrons. The van der Waals surface area contributed by atoms with E-state index in [4.69, 9.17) is 4.74 Å². The zero-order valence-corrected chi connectivity index (χ0v) is 19.5. The molecule has 0 aliphatic carbocycles. The highest BCUT2D eigenvalue weighted by Gasteiger charge is 2.35. The summed E-state index contributed by atoms with van der Waals surface area (Å²) in [5.41, 5.74) is 2.79. The van der Waals surface area contributed by atoms with Gasteiger partial charge >= 0.3 is 0 Å². The number of hydrogen-bond donors (Lipinski definition) is 1. The maximum atomic E-state index is 13.5. The normalized spacial score (nSPS) is 17.5. The van der Waals surface area contributed by atoms with Gasteiger partial charge in [0.1, 0.15) is 10.6 Å². The molecule has 1 aliphatic rings. The Hall–Kier alpha value is -2.38. The molecule has 1 N–H and O–H groups in total. The van der Waals surface area contributed by atoms with E-state index in [1.165, 1.54) is 11.4 Å². The van der Waals surface area contributed by atoms with E-state index in [0.717, 1.165) is 23.2 Å². The molecule has 2 aromatic rings. The van der Waals surface area contributed by atoms with Crippen molar-refractivity contribution in [3.63, 3.8) is 0 Å². The molecular formula is C24H32N2O4S. The number of ether oxygens (including phenoxy) is 1. The second kappa shape index (κ2) is 9.83. The van der Waals surface area contributed by atoms with Crippen LogP contribution in [0.4, 0.5) is 5.69 Å². The summed E-state index contributed by atoms with van der Waals surface area (Å²) >= 11 is 0. The Balaban J connectivity index is 1.82. The Bertz CT molecular complexity index is 1030. The second-order valence-corrected chi connectivity index (χ2v) is 10.2. The van der Waals surface area contributed by atoms with Gasteiger partial charge in [-0.15, -0.1) is 0 Å². The number of methoxy groups -OCH3 is 1. The van der Waals surface area contributed by atoms with Crippen molar-refractivity contribution in [1.29, 1.82) is 0 Å². The van der Waals surface area contributed by atoms with E-state index >= 15 is 0 Å². The van der Waals surface area contributed by atoms with Gasteiger partial charge in [0.2, 0.25) is 15.9 Å². The van der Waals surface area contributed by atoms with Crippen LogP contribution < -0.4 is 10.1 Å². The van der Waals surface area contributed by atoms with Gasteiger partial charge in [-0.05, 0) is 54.5 Å². The third-order valence-corrected chi connectivity index (χ3v) is 7.77. The molecule has 0 saturated carbocycles. The predicted molar refractivity (Wildman–Crippen MR) is 123 cm³/mol. The molecule has 1 atom stereocenters. The number of piperidine rings is 1. The number of para-hydroxylation sites is 1. The number of rotatable bonds is 7. The second-order valence-electron chi connectivity index (χ2n) is 8.27. The Kier molecular flexibility index (Phi) is 7.38. The Morgan fingerprint density at radius 2 is 1.97 bits per heavy atom. The largest absolute Gasteiger partial charge is 0.495 e. The van der Waals surface area contributed by atoms with Crippen molar-refractivity contribution in [2.45, 2.75) is 50.8 Å². The predicted octanol–water partition coefficient (Wildman–Crippen LogP) is 4.42. The lowest BCUT2D eigenvalue weighted by Gasteiger charge is -2.32. The number of nitrogens with one attached hydrogen (secondary N) is 1. The maximum Gasteiger partial charge on any atom is 0.246 e. The number of amides is 1. The van der Waals surface area contributed by atoms with Crippen LogP contribution in [0.5, 0.6) is 5.75 Å². The number of anilines is 1. The van der Waals surface area contributed by atoms with Crippen molar-refractivity contribution in [3.8, 4) is 5.75 Å². The molecule has 2 aromatic carbocycles. The first-order valence-corrected chi connectivity index (χ1v) is 12.3. The third kappa shape index (κ3) is 5.10. The zero-order valence-electron chi connectivity index (χ0n) is 18.7. The van der Waals surface area contributed by atoms with E-state index < -0.39 is 15.9 Å². The van der Waals surface area contributed by atoms with Crippen molar-refractivity contribution in [1.82, 2.24) is 4.31 Å². The topological polar surface area (TPSA) is 75.7 Å². The fraction of sp³-hybridized carbons (Fsp3) is 0.458. The molecule has 1 heterocycles. The summed E-state index contributed by atoms with van der Waals surface area (Å²) in [6.45, 7) is 6.64. The highest BCUT2D eigenvalue weighted by Crippen LogP contribution is 2.32. The van der Waals surface area contributed by atoms with Crippen molar-refractivity contribution < 1.29 is 17.9 Å². The summed E-state index contributed by atoms with van der Waals surface area (Å²) in [7, 11) is -2.31. The highest BCUT2D eigenvalue weighted by atomic mass is 32.2. The minimum Gasteiger partial charge on any atom is -0.495 e. The molecule has 6 nitrogen and oxygen atoms in total. The van der Waals surface area contributed by atoms with E-state index in [0.29, 0.717) is 25.1 Å². The van der Waals surface area contributed by atoms with Gasteiger partial charge in [0.05, 0.1) is 13.0 Å². The molecule has 1 saturated heterocycles. The van der Waals surface area contributed by atoms with Gasteiger partial charge < -0.3 is 10.1 Å². The van der Waals surface area contributed by atoms with Gasteiger partial charge in [-0.25, -0.2) is 8.42 Å². The fourth-order valence-corrected chi connectivity index (χ4v) is 5.67. The molecule has 1 amide bonds. The van der Waals surface area contributed by atoms with Gasteiger partial charge in [0.25, 0.3) is 0 Å². The number of hydrogen-bond acceptors (Lipinski definition) is 4. The van der Waals surface area contributed by atoms with Crippen LogP contribution in [0.25, 0.3) is 0 Å². The summed E-state index contributed by atoms with van der Waals surface area (Å²) in [5, 5.41) is 3.00. The molecule has 0 unspecified atom stereocenters. The Morgan fingerprint density at radius 3 is 2.65 bits per heavy atom. The third-order valence-electron chi connectivity index (χ3n) is 5.88. The van der Waals surface area contributed by atoms with Crippen molar-refractivity contribution in [2.75, 3.05) is 25.5 Å². The highest BCUT2D eigenvalue weighted by molar-refractivity contribution is 7.89. The van der Waals surface area contributed by atoms with E-state index in [2.05, 4.69) is 5.32 Å². The average molecular weight is 445 g/mol. The van der Waals surface area contributed by atoms with Crippen LogP contribution in [0.1, 0.15) is 50.7 Å². The average Bonchev–Trinajstić information content (AvgIpc) is 2.78. The smallest absolute Gasteiger partial charge is 0.246 e. The van der Waals surface area contributed by atoms with Crippen LogP contribution >= 0.6 is 0 Å². The SMILES string of the molecule is CCc1ccccc1NC(=O)[C@@H]1CCCN(S(=O)(=O)c2cc(C(C)C)ccc2OC)C1. The molecule has 0 spiro atoms. The van der Waals surface area contributed by atoms with Crippen LogP contribution in [0.3, 0.4) is 0 Å². The quantitative estimate of drug-likeness (QED) is 0.686. The van der Waals surface area contributed by atoms with Crippen LogP contribution in [-0.2, 0) is 21.2 Å². The van der Waals surface area contributed by atoms with Crippen molar-refractivity contribution >= 4 is 21.6 Å². The summed E-state index contributed by atoms with van der Waals surface area (Å²) in [6.07, 6.45) is 2.11. The summed E-state index contributed by atoms with van der Waals surface area (Å²) in [4.78, 5) is 13.1. The van der Waals surface area contributed by atoms with E-state index in [9.17, 15) is 13.2 Å². The number of nitrogens with zero attached hydrogens (tertiary/aromatic N) is 1. The number of aryl methyl sites for hydroxylation is 1. The molecule has 1 aliphatic heterocycles. The zero-order chi connectivity index (χ0) is 22.6. The first-order valence-electron chi connectivity index (χ1n) is 10.8. The number of carbonyl (C=O) groups is 1. The van der Waals surface area contributed by atoms with Crippen LogP contribution in [-0.4, -0.2) is 38.8 Å². The summed E-state index contributed by atoms with van der Waals surface area (Å²) < 4.78 is 33.7. The first kappa shape index (κ1) is 23.3. The van der Waals surface area contributed by atoms with Crippen LogP contribution in [0.15, 0.2) is 47.4 Å². The van der Waals surface area contributed by atoms with E-state index in [1.54, 1.807) is 12.1 Å². The Morgan fingerprint density at radius 1 is 1.23 bits per heavy atom. The molecule has 3 rings (SSSR count). The van der Waals surface area contributed by atoms with E-state index in [1.807, 2.05) is 51.1 Å². The fourth-order valence-electron chi connectivity index (χ4n) is 3.95. The number of sulfonamides is 1. The van der Waals surface area contributed by atoms with Crippen molar-refractivity contribution in [3.05, 3.63) is 53.6 Å². The first-order chi connectivity index (χ1) is 14.8. The Labute approximate surface area is 185 Å². The van der Waals surface area contributed by atoms with E-state index in [-0.39, 0.29) is 23.3 Å². The monoisotopic (exact) mass is 444 g/mol. The minimum absolute atomic E-state index is 0.135. The van der Waals surface area contributed by atoms with Gasteiger partial charge in [0, 0.05) is 18.8 Å². The van der Waals surface area contributed by atoms with Crippen molar-refractivity contribution in [2.24, 2.45) is 5.92 Å². The molecule has 0 bridgehead atoms. The maximum absolute atomic E-state index is 13.5. The van der Waals surface area contributed by atoms with Crippen LogP contribution in [0, 0.1) is 5.92 Å². The number of carbonyl (C=O) groups excluding carboxylic acids is 1. The lowest BCUT2D eigenvalue weighted by atomic mass is 9.98. The lowest BCUT2D eigenvalue weighted by Crippen LogP contribution is -2.43. The standard InChI is InChI=1S/C24H32N2O4S/c1-5-18-9-6-7-11-21(18)25-24(27)20-10-8-14-26(16-20)31(28,29)23-15-19(17(2)3)12-13-22(23)30-4/h6-7,9,11-13,15,17,20H,5,8,10,14,16H2,1-4H3,(H,25,27)/t20-/m1/s1. The van der Waals surface area contributed by atoms with Gasteiger partial charge in [-0.1, -0.05) is 45.0 Å². The van der Waals surface area contributed by atoms with Gasteiger partial charge in [0.15, 0.2) is 0 Å². The molecular weight excluding hydrogens is 412 g/mol. The molecule has 31 heavy (non-hydrogen) atoms. The summed E-state index contributed by atoms with van der Waals surface area (Å²) in [6, 6.07) is 13.0. The molecule has 1 fully saturated rings. The molecule has 168 valence electrons. The van der Waals surface area contributed by atoms with Gasteiger partial charge in [-0.2, -0.15) is 4.31 Å². The summed E-state index contributed by atoms with van der Waals surface area (Å²) in [5.74, 6) is -0.0115. The number of benzene rings is 2. The van der Waals surface area contributed by atoms with Gasteiger partial charge in [-0.3, -0.25) is 4.79 Å². The minimum atomic E-state index is -3.78. The van der Waals surface area contributed by atoms with Crippen LogP contribution in [0.2, 0.25) is 0 Å². The lowest BCUT2D eigenvalue weighted by molar-refractivity contribution is -0.120. The molecule has 7 heteroatoms.